The van der Waals surface area contributed by atoms with Crippen LogP contribution in [0.5, 0.6) is 0 Å². The van der Waals surface area contributed by atoms with Crippen molar-refractivity contribution in [1.82, 2.24) is 9.97 Å². The van der Waals surface area contributed by atoms with Crippen molar-refractivity contribution in [3.63, 3.8) is 0 Å². The van der Waals surface area contributed by atoms with Crippen LogP contribution in [0.3, 0.4) is 0 Å². The third-order valence-corrected chi connectivity index (χ3v) is 3.06. The lowest BCUT2D eigenvalue weighted by molar-refractivity contribution is 0.825. The third kappa shape index (κ3) is 2.91. The molecule has 1 heterocycles. The standard InChI is InChI=1S/C11H16BrN3/c1-3-4-10-14-9(12)6-11(15-10)13-8-5-7(8)2/h6-8H,3-5H2,1-2H3,(H,13,14,15). The van der Waals surface area contributed by atoms with E-state index in [1.165, 1.54) is 6.42 Å². The molecule has 4 heteroatoms. The van der Waals surface area contributed by atoms with E-state index in [0.717, 1.165) is 35.0 Å². The van der Waals surface area contributed by atoms with Crippen molar-refractivity contribution in [2.45, 2.75) is 39.2 Å². The predicted octanol–water partition coefficient (Wildman–Crippen LogP) is 3.01. The Bertz CT molecular complexity index is 354. The predicted molar refractivity (Wildman–Crippen MR) is 64.9 cm³/mol. The molecule has 0 spiro atoms. The van der Waals surface area contributed by atoms with E-state index < -0.39 is 0 Å². The van der Waals surface area contributed by atoms with Crippen LogP contribution in [-0.2, 0) is 6.42 Å². The number of aromatic nitrogens is 2. The van der Waals surface area contributed by atoms with E-state index in [1.54, 1.807) is 0 Å². The second kappa shape index (κ2) is 4.47. The van der Waals surface area contributed by atoms with E-state index in [-0.39, 0.29) is 0 Å². The normalized spacial score (nSPS) is 23.9. The van der Waals surface area contributed by atoms with Gasteiger partial charge in [0, 0.05) is 18.5 Å². The fourth-order valence-corrected chi connectivity index (χ4v) is 2.01. The Labute approximate surface area is 98.8 Å². The molecule has 0 saturated heterocycles. The average Bonchev–Trinajstić information content (AvgIpc) is 2.81. The Balaban J connectivity index is 2.08. The fourth-order valence-electron chi connectivity index (χ4n) is 1.59. The van der Waals surface area contributed by atoms with E-state index in [1.807, 2.05) is 6.07 Å². The summed E-state index contributed by atoms with van der Waals surface area (Å²) in [5.74, 6) is 2.66. The van der Waals surface area contributed by atoms with Gasteiger partial charge in [0.2, 0.25) is 0 Å². The molecule has 0 bridgehead atoms. The molecule has 15 heavy (non-hydrogen) atoms. The number of nitrogens with one attached hydrogen (secondary N) is 1. The molecular weight excluding hydrogens is 254 g/mol. The van der Waals surface area contributed by atoms with E-state index in [2.05, 4.69) is 45.1 Å². The van der Waals surface area contributed by atoms with Crippen LogP contribution in [0.1, 0.15) is 32.5 Å². The molecule has 2 atom stereocenters. The van der Waals surface area contributed by atoms with Crippen LogP contribution < -0.4 is 5.32 Å². The maximum Gasteiger partial charge on any atom is 0.132 e. The number of aryl methyl sites for hydroxylation is 1. The lowest BCUT2D eigenvalue weighted by Crippen LogP contribution is -2.07. The molecule has 1 fully saturated rings. The van der Waals surface area contributed by atoms with Gasteiger partial charge in [-0.3, -0.25) is 0 Å². The van der Waals surface area contributed by atoms with Gasteiger partial charge in [0.15, 0.2) is 0 Å². The van der Waals surface area contributed by atoms with Crippen molar-refractivity contribution in [3.05, 3.63) is 16.5 Å². The molecule has 0 aliphatic heterocycles. The summed E-state index contributed by atoms with van der Waals surface area (Å²) in [5, 5.41) is 3.42. The molecular formula is C11H16BrN3. The van der Waals surface area contributed by atoms with Crippen molar-refractivity contribution in [2.24, 2.45) is 5.92 Å². The molecule has 3 nitrogen and oxygen atoms in total. The zero-order chi connectivity index (χ0) is 10.8. The summed E-state index contributed by atoms with van der Waals surface area (Å²) in [7, 11) is 0. The van der Waals surface area contributed by atoms with Crippen LogP contribution in [0.4, 0.5) is 5.82 Å². The minimum absolute atomic E-state index is 0.612. The lowest BCUT2D eigenvalue weighted by Gasteiger charge is -2.06. The van der Waals surface area contributed by atoms with Gasteiger partial charge >= 0.3 is 0 Å². The van der Waals surface area contributed by atoms with Crippen LogP contribution in [-0.4, -0.2) is 16.0 Å². The Kier molecular flexibility index (Phi) is 3.24. The molecule has 82 valence electrons. The molecule has 1 saturated carbocycles. The summed E-state index contributed by atoms with van der Waals surface area (Å²) >= 11 is 3.42. The van der Waals surface area contributed by atoms with E-state index >= 15 is 0 Å². The number of nitrogens with zero attached hydrogens (tertiary/aromatic N) is 2. The van der Waals surface area contributed by atoms with Gasteiger partial charge in [-0.25, -0.2) is 9.97 Å². The summed E-state index contributed by atoms with van der Waals surface area (Å²) in [6.07, 6.45) is 3.27. The first-order chi connectivity index (χ1) is 7.19. The molecule has 1 aromatic rings. The highest BCUT2D eigenvalue weighted by Crippen LogP contribution is 2.32. The minimum atomic E-state index is 0.612. The van der Waals surface area contributed by atoms with Crippen molar-refractivity contribution in [1.29, 1.82) is 0 Å². The van der Waals surface area contributed by atoms with Crippen LogP contribution in [0.15, 0.2) is 10.7 Å². The number of halogens is 1. The number of anilines is 1. The number of hydrogen-bond acceptors (Lipinski definition) is 3. The van der Waals surface area contributed by atoms with Crippen LogP contribution >= 0.6 is 15.9 Å². The first-order valence-electron chi connectivity index (χ1n) is 5.49. The van der Waals surface area contributed by atoms with E-state index in [4.69, 9.17) is 0 Å². The first-order valence-corrected chi connectivity index (χ1v) is 6.28. The van der Waals surface area contributed by atoms with Gasteiger partial charge in [0.25, 0.3) is 0 Å². The summed E-state index contributed by atoms with van der Waals surface area (Å²) in [4.78, 5) is 8.82. The lowest BCUT2D eigenvalue weighted by atomic mass is 10.3. The fraction of sp³-hybridized carbons (Fsp3) is 0.636. The highest BCUT2D eigenvalue weighted by molar-refractivity contribution is 9.10. The second-order valence-corrected chi connectivity index (χ2v) is 5.02. The monoisotopic (exact) mass is 269 g/mol. The van der Waals surface area contributed by atoms with Gasteiger partial charge in [-0.05, 0) is 34.7 Å². The average molecular weight is 270 g/mol. The van der Waals surface area contributed by atoms with Crippen molar-refractivity contribution >= 4 is 21.7 Å². The Hall–Kier alpha value is -0.640. The summed E-state index contributed by atoms with van der Waals surface area (Å²) in [6.45, 7) is 4.39. The van der Waals surface area contributed by atoms with Gasteiger partial charge in [-0.2, -0.15) is 0 Å². The first kappa shape index (κ1) is 10.9. The van der Waals surface area contributed by atoms with Gasteiger partial charge in [-0.15, -0.1) is 0 Å². The van der Waals surface area contributed by atoms with Crippen LogP contribution in [0.25, 0.3) is 0 Å². The van der Waals surface area contributed by atoms with Crippen LogP contribution in [0, 0.1) is 5.92 Å². The van der Waals surface area contributed by atoms with Gasteiger partial charge in [0.1, 0.15) is 16.2 Å². The van der Waals surface area contributed by atoms with Crippen molar-refractivity contribution in [3.8, 4) is 0 Å². The van der Waals surface area contributed by atoms with E-state index in [0.29, 0.717) is 6.04 Å². The van der Waals surface area contributed by atoms with Crippen molar-refractivity contribution in [2.75, 3.05) is 5.32 Å². The van der Waals surface area contributed by atoms with Gasteiger partial charge in [-0.1, -0.05) is 13.8 Å². The quantitative estimate of drug-likeness (QED) is 0.854. The molecule has 1 aliphatic carbocycles. The summed E-state index contributed by atoms with van der Waals surface area (Å²) in [5.41, 5.74) is 0. The zero-order valence-electron chi connectivity index (χ0n) is 9.13. The molecule has 1 aromatic heterocycles. The molecule has 1 aliphatic rings. The molecule has 2 unspecified atom stereocenters. The molecule has 1 N–H and O–H groups in total. The Morgan fingerprint density at radius 3 is 2.87 bits per heavy atom. The highest BCUT2D eigenvalue weighted by Gasteiger charge is 2.32. The van der Waals surface area contributed by atoms with Gasteiger partial charge in [0.05, 0.1) is 0 Å². The molecule has 0 aromatic carbocycles. The van der Waals surface area contributed by atoms with Crippen molar-refractivity contribution < 1.29 is 0 Å². The summed E-state index contributed by atoms with van der Waals surface area (Å²) < 4.78 is 0.872. The summed E-state index contributed by atoms with van der Waals surface area (Å²) in [6, 6.07) is 2.56. The largest absolute Gasteiger partial charge is 0.367 e. The smallest absolute Gasteiger partial charge is 0.132 e. The maximum atomic E-state index is 4.49. The second-order valence-electron chi connectivity index (χ2n) is 4.21. The number of hydrogen-bond donors (Lipinski definition) is 1. The maximum absolute atomic E-state index is 4.49. The SMILES string of the molecule is CCCc1nc(Br)cc(NC2CC2C)n1. The molecule has 0 amide bonds. The topological polar surface area (TPSA) is 37.8 Å². The highest BCUT2D eigenvalue weighted by atomic mass is 79.9. The number of rotatable bonds is 4. The van der Waals surface area contributed by atoms with Gasteiger partial charge < -0.3 is 5.32 Å². The third-order valence-electron chi connectivity index (χ3n) is 2.66. The molecule has 0 radical (unpaired) electrons. The Morgan fingerprint density at radius 2 is 2.27 bits per heavy atom. The Morgan fingerprint density at radius 1 is 1.53 bits per heavy atom. The molecule has 2 rings (SSSR count). The minimum Gasteiger partial charge on any atom is -0.367 e. The van der Waals surface area contributed by atoms with Crippen LogP contribution in [0.2, 0.25) is 0 Å². The van der Waals surface area contributed by atoms with E-state index in [9.17, 15) is 0 Å². The zero-order valence-corrected chi connectivity index (χ0v) is 10.7.